The lowest BCUT2D eigenvalue weighted by atomic mass is 10.2. The Balaban J connectivity index is 3.22. The third-order valence-corrected chi connectivity index (χ3v) is 1.67. The second kappa shape index (κ2) is 4.04. The van der Waals surface area contributed by atoms with Gasteiger partial charge in [0.1, 0.15) is 0 Å². The van der Waals surface area contributed by atoms with Crippen LogP contribution in [0.15, 0.2) is 23.2 Å². The van der Waals surface area contributed by atoms with Crippen LogP contribution in [-0.4, -0.2) is 5.16 Å². The van der Waals surface area contributed by atoms with Gasteiger partial charge in [0.05, 0.1) is 15.9 Å². The Kier molecular flexibility index (Phi) is 3.01. The number of rotatable bonds is 1. The molecule has 0 radical (unpaired) electrons. The summed E-state index contributed by atoms with van der Waals surface area (Å²) in [6.45, 7) is 0. The lowest BCUT2D eigenvalue weighted by Crippen LogP contribution is -1.73. The summed E-state index contributed by atoms with van der Waals surface area (Å²) in [7, 11) is 0. The Labute approximate surface area is 81.1 Å². The zero-order chi connectivity index (χ0) is 8.97. The Hall–Kier alpha value is -1.13. The van der Waals surface area contributed by atoms with Crippen LogP contribution in [0.1, 0.15) is 5.56 Å². The van der Waals surface area contributed by atoms with Crippen molar-refractivity contribution in [3.8, 4) is 12.3 Å². The van der Waals surface area contributed by atoms with Crippen LogP contribution in [0.2, 0.25) is 5.02 Å². The Bertz CT molecular complexity index is 386. The number of hydrogen-bond acceptors (Lipinski definition) is 2. The maximum atomic E-state index is 5.81. The molecule has 0 bridgehead atoms. The van der Waals surface area contributed by atoms with Crippen molar-refractivity contribution >= 4 is 34.7 Å². The third kappa shape index (κ3) is 1.93. The maximum absolute atomic E-state index is 5.81. The highest BCUT2D eigenvalue weighted by Gasteiger charge is 1.97. The van der Waals surface area contributed by atoms with Gasteiger partial charge in [0.25, 0.3) is 0 Å². The fourth-order valence-corrected chi connectivity index (χ4v) is 1.06. The second-order valence-corrected chi connectivity index (χ2v) is 2.60. The molecule has 0 aliphatic carbocycles. The normalized spacial score (nSPS) is 8.33. The lowest BCUT2D eigenvalue weighted by molar-refractivity contribution is 1.53. The molecule has 3 heteroatoms. The first-order chi connectivity index (χ1) is 5.77. The monoisotopic (exact) mass is 193 g/mol. The van der Waals surface area contributed by atoms with Gasteiger partial charge in [-0.2, -0.15) is 4.99 Å². The first-order valence-electron chi connectivity index (χ1n) is 3.12. The zero-order valence-corrected chi connectivity index (χ0v) is 7.62. The topological polar surface area (TPSA) is 12.4 Å². The average Bonchev–Trinajstić information content (AvgIpc) is 2.09. The molecule has 0 N–H and O–H groups in total. The molecule has 0 saturated carbocycles. The summed E-state index contributed by atoms with van der Waals surface area (Å²) in [5.74, 6) is 2.46. The number of hydrogen-bond donors (Lipinski definition) is 0. The first kappa shape index (κ1) is 8.96. The Morgan fingerprint density at radius 3 is 2.75 bits per heavy atom. The van der Waals surface area contributed by atoms with E-state index in [2.05, 4.69) is 28.3 Å². The van der Waals surface area contributed by atoms with Gasteiger partial charge < -0.3 is 0 Å². The van der Waals surface area contributed by atoms with Crippen molar-refractivity contribution in [2.75, 3.05) is 0 Å². The van der Waals surface area contributed by atoms with Gasteiger partial charge in [0.15, 0.2) is 0 Å². The van der Waals surface area contributed by atoms with Gasteiger partial charge in [0, 0.05) is 5.56 Å². The van der Waals surface area contributed by atoms with Crippen molar-refractivity contribution in [3.63, 3.8) is 0 Å². The fourth-order valence-electron chi connectivity index (χ4n) is 0.737. The number of aliphatic imine (C=N–C) groups is 1. The minimum atomic E-state index is 0.489. The molecule has 0 fully saturated rings. The highest BCUT2D eigenvalue weighted by molar-refractivity contribution is 7.78. The van der Waals surface area contributed by atoms with Crippen molar-refractivity contribution in [1.29, 1.82) is 0 Å². The number of benzene rings is 1. The van der Waals surface area contributed by atoms with Gasteiger partial charge in [-0.05, 0) is 30.4 Å². The SMILES string of the molecule is C#Cc1ccc(N=C=S)c(Cl)c1. The third-order valence-electron chi connectivity index (χ3n) is 1.28. The van der Waals surface area contributed by atoms with Gasteiger partial charge in [-0.15, -0.1) is 6.42 Å². The summed E-state index contributed by atoms with van der Waals surface area (Å²) in [4.78, 5) is 3.75. The van der Waals surface area contributed by atoms with E-state index in [9.17, 15) is 0 Å². The van der Waals surface area contributed by atoms with E-state index in [0.717, 1.165) is 5.56 Å². The molecule has 0 aromatic heterocycles. The maximum Gasteiger partial charge on any atom is 0.0926 e. The molecule has 0 saturated heterocycles. The highest BCUT2D eigenvalue weighted by Crippen LogP contribution is 2.24. The lowest BCUT2D eigenvalue weighted by Gasteiger charge is -1.95. The molecule has 1 aromatic carbocycles. The molecule has 1 nitrogen and oxygen atoms in total. The minimum Gasteiger partial charge on any atom is -0.193 e. The van der Waals surface area contributed by atoms with Crippen molar-refractivity contribution < 1.29 is 0 Å². The summed E-state index contributed by atoms with van der Waals surface area (Å²) >= 11 is 10.3. The molecule has 0 aliphatic rings. The molecule has 0 unspecified atom stereocenters. The fraction of sp³-hybridized carbons (Fsp3) is 0. The van der Waals surface area contributed by atoms with E-state index in [4.69, 9.17) is 18.0 Å². The Morgan fingerprint density at radius 2 is 2.25 bits per heavy atom. The predicted molar refractivity (Wildman–Crippen MR) is 54.1 cm³/mol. The standard InChI is InChI=1S/C9H4ClNS/c1-2-7-3-4-9(11-6-12)8(10)5-7/h1,3-5H. The second-order valence-electron chi connectivity index (χ2n) is 2.01. The van der Waals surface area contributed by atoms with E-state index in [-0.39, 0.29) is 0 Å². The largest absolute Gasteiger partial charge is 0.193 e. The summed E-state index contributed by atoms with van der Waals surface area (Å²) in [5, 5.41) is 2.72. The number of thiocarbonyl (C=S) groups is 1. The van der Waals surface area contributed by atoms with E-state index in [1.165, 1.54) is 0 Å². The van der Waals surface area contributed by atoms with Crippen LogP contribution in [0.25, 0.3) is 0 Å². The molecular weight excluding hydrogens is 190 g/mol. The van der Waals surface area contributed by atoms with Crippen LogP contribution in [0.5, 0.6) is 0 Å². The van der Waals surface area contributed by atoms with Gasteiger partial charge in [-0.3, -0.25) is 0 Å². The van der Waals surface area contributed by atoms with Crippen molar-refractivity contribution in [2.24, 2.45) is 4.99 Å². The molecule has 0 aliphatic heterocycles. The number of halogens is 1. The Morgan fingerprint density at radius 1 is 1.50 bits per heavy atom. The van der Waals surface area contributed by atoms with Crippen LogP contribution in [0.3, 0.4) is 0 Å². The van der Waals surface area contributed by atoms with Crippen LogP contribution in [-0.2, 0) is 0 Å². The van der Waals surface area contributed by atoms with E-state index >= 15 is 0 Å². The van der Waals surface area contributed by atoms with Crippen LogP contribution >= 0.6 is 23.8 Å². The number of nitrogens with zero attached hydrogens (tertiary/aromatic N) is 1. The highest BCUT2D eigenvalue weighted by atomic mass is 35.5. The molecule has 0 heterocycles. The van der Waals surface area contributed by atoms with Gasteiger partial charge in [0.2, 0.25) is 0 Å². The van der Waals surface area contributed by atoms with Crippen LogP contribution in [0.4, 0.5) is 5.69 Å². The minimum absolute atomic E-state index is 0.489. The van der Waals surface area contributed by atoms with Gasteiger partial charge in [-0.25, -0.2) is 0 Å². The quantitative estimate of drug-likeness (QED) is 0.379. The van der Waals surface area contributed by atoms with Crippen molar-refractivity contribution in [1.82, 2.24) is 0 Å². The van der Waals surface area contributed by atoms with E-state index in [0.29, 0.717) is 10.7 Å². The molecule has 12 heavy (non-hydrogen) atoms. The van der Waals surface area contributed by atoms with Crippen LogP contribution in [0, 0.1) is 12.3 Å². The van der Waals surface area contributed by atoms with E-state index < -0.39 is 0 Å². The van der Waals surface area contributed by atoms with E-state index in [1.54, 1.807) is 18.2 Å². The zero-order valence-electron chi connectivity index (χ0n) is 6.04. The number of isothiocyanates is 1. The summed E-state index contributed by atoms with van der Waals surface area (Å²) < 4.78 is 0. The molecule has 0 spiro atoms. The summed E-state index contributed by atoms with van der Waals surface area (Å²) in [5.41, 5.74) is 1.31. The number of terminal acetylenes is 1. The molecule has 1 aromatic rings. The predicted octanol–water partition coefficient (Wildman–Crippen LogP) is 3.06. The molecule has 0 amide bonds. The molecule has 1 rings (SSSR count). The van der Waals surface area contributed by atoms with Gasteiger partial charge >= 0.3 is 0 Å². The van der Waals surface area contributed by atoms with Crippen molar-refractivity contribution in [2.45, 2.75) is 0 Å². The first-order valence-corrected chi connectivity index (χ1v) is 3.90. The molecule has 0 atom stereocenters. The molecule has 58 valence electrons. The van der Waals surface area contributed by atoms with Crippen molar-refractivity contribution in [3.05, 3.63) is 28.8 Å². The van der Waals surface area contributed by atoms with E-state index in [1.807, 2.05) is 0 Å². The summed E-state index contributed by atoms with van der Waals surface area (Å²) in [6.07, 6.45) is 5.17. The summed E-state index contributed by atoms with van der Waals surface area (Å²) in [6, 6.07) is 5.11. The average molecular weight is 194 g/mol. The smallest absolute Gasteiger partial charge is 0.0926 e. The van der Waals surface area contributed by atoms with Crippen LogP contribution < -0.4 is 0 Å². The molecular formula is C9H4ClNS. The van der Waals surface area contributed by atoms with Gasteiger partial charge in [-0.1, -0.05) is 17.5 Å².